The van der Waals surface area contributed by atoms with Crippen molar-refractivity contribution >= 4 is 33.2 Å². The Balaban J connectivity index is 2.28. The summed E-state index contributed by atoms with van der Waals surface area (Å²) in [5.74, 6) is -0.283. The van der Waals surface area contributed by atoms with Crippen LogP contribution in [0.1, 0.15) is 17.2 Å². The average molecular weight is 358 g/mol. The highest BCUT2D eigenvalue weighted by Crippen LogP contribution is 2.26. The topological polar surface area (TPSA) is 38.0 Å². The molecule has 0 aliphatic heterocycles. The Morgan fingerprint density at radius 2 is 2.05 bits per heavy atom. The quantitative estimate of drug-likeness (QED) is 0.835. The van der Waals surface area contributed by atoms with Crippen LogP contribution in [0, 0.1) is 12.7 Å². The lowest BCUT2D eigenvalue weighted by Gasteiger charge is -2.20. The van der Waals surface area contributed by atoms with Gasteiger partial charge in [-0.1, -0.05) is 33.6 Å². The Bertz CT molecular complexity index is 619. The molecule has 0 aromatic heterocycles. The maximum absolute atomic E-state index is 13.9. The van der Waals surface area contributed by atoms with Crippen LogP contribution in [0.4, 0.5) is 10.1 Å². The molecular weight excluding hydrogens is 343 g/mol. The fraction of sp³-hybridized carbons (Fsp3) is 0.200. The predicted octanol–water partition coefficient (Wildman–Crippen LogP) is 4.66. The lowest BCUT2D eigenvalue weighted by Crippen LogP contribution is -2.21. The van der Waals surface area contributed by atoms with Gasteiger partial charge in [-0.05, 0) is 42.8 Å². The Morgan fingerprint density at radius 1 is 1.30 bits per heavy atom. The number of rotatable bonds is 4. The molecule has 0 fully saturated rings. The van der Waals surface area contributed by atoms with Crippen molar-refractivity contribution in [2.45, 2.75) is 13.0 Å². The minimum Gasteiger partial charge on any atom is -0.377 e. The summed E-state index contributed by atoms with van der Waals surface area (Å²) < 4.78 is 14.7. The van der Waals surface area contributed by atoms with Gasteiger partial charge in [-0.25, -0.2) is 4.39 Å². The number of aryl methyl sites for hydroxylation is 1. The van der Waals surface area contributed by atoms with Crippen LogP contribution in [0.5, 0.6) is 0 Å². The van der Waals surface area contributed by atoms with Gasteiger partial charge in [-0.15, -0.1) is 0 Å². The van der Waals surface area contributed by atoms with Gasteiger partial charge in [0.2, 0.25) is 0 Å². The van der Waals surface area contributed by atoms with Crippen LogP contribution in [-0.2, 0) is 0 Å². The van der Waals surface area contributed by atoms with Crippen LogP contribution < -0.4 is 11.1 Å². The molecular formula is C15H15BrClFN2. The van der Waals surface area contributed by atoms with Crippen molar-refractivity contribution in [2.24, 2.45) is 5.73 Å². The number of halogens is 3. The molecule has 1 atom stereocenters. The molecule has 5 heteroatoms. The maximum Gasteiger partial charge on any atom is 0.128 e. The van der Waals surface area contributed by atoms with Crippen molar-refractivity contribution in [2.75, 3.05) is 11.9 Å². The van der Waals surface area contributed by atoms with E-state index in [-0.39, 0.29) is 18.4 Å². The largest absolute Gasteiger partial charge is 0.377 e. The fourth-order valence-electron chi connectivity index (χ4n) is 1.93. The van der Waals surface area contributed by atoms with Crippen molar-refractivity contribution in [3.63, 3.8) is 0 Å². The number of nitrogens with one attached hydrogen (secondary N) is 1. The number of anilines is 1. The second-order valence-corrected chi connectivity index (χ2v) is 5.89. The smallest absolute Gasteiger partial charge is 0.128 e. The van der Waals surface area contributed by atoms with Crippen LogP contribution in [0.3, 0.4) is 0 Å². The van der Waals surface area contributed by atoms with Gasteiger partial charge in [0.05, 0.1) is 6.04 Å². The van der Waals surface area contributed by atoms with E-state index in [2.05, 4.69) is 21.2 Å². The van der Waals surface area contributed by atoms with E-state index in [0.29, 0.717) is 10.6 Å². The molecule has 0 radical (unpaired) electrons. The zero-order valence-corrected chi connectivity index (χ0v) is 13.3. The molecule has 2 rings (SSSR count). The van der Waals surface area contributed by atoms with Crippen LogP contribution in [0.15, 0.2) is 40.9 Å². The first-order chi connectivity index (χ1) is 9.51. The van der Waals surface area contributed by atoms with Crippen molar-refractivity contribution in [1.82, 2.24) is 0 Å². The standard InChI is InChI=1S/C15H15BrClFN2/c1-9-2-4-11(7-13(9)17)20-15(8-19)12-6-10(16)3-5-14(12)18/h2-7,15,20H,8,19H2,1H3. The molecule has 0 aliphatic rings. The van der Waals surface area contributed by atoms with E-state index in [1.54, 1.807) is 12.1 Å². The highest BCUT2D eigenvalue weighted by molar-refractivity contribution is 9.10. The minimum absolute atomic E-state index is 0.277. The van der Waals surface area contributed by atoms with Crippen LogP contribution >= 0.6 is 27.5 Å². The van der Waals surface area contributed by atoms with Crippen molar-refractivity contribution in [1.29, 1.82) is 0 Å². The summed E-state index contributed by atoms with van der Waals surface area (Å²) in [5, 5.41) is 3.88. The summed E-state index contributed by atoms with van der Waals surface area (Å²) in [5.41, 5.74) is 8.10. The highest BCUT2D eigenvalue weighted by atomic mass is 79.9. The fourth-order valence-corrected chi connectivity index (χ4v) is 2.49. The number of hydrogen-bond donors (Lipinski definition) is 2. The molecule has 3 N–H and O–H groups in total. The number of nitrogens with two attached hydrogens (primary N) is 1. The van der Waals surface area contributed by atoms with E-state index in [0.717, 1.165) is 15.7 Å². The average Bonchev–Trinajstić information content (AvgIpc) is 2.43. The molecule has 2 nitrogen and oxygen atoms in total. The first kappa shape index (κ1) is 15.3. The molecule has 0 spiro atoms. The molecule has 0 aliphatic carbocycles. The lowest BCUT2D eigenvalue weighted by molar-refractivity contribution is 0.593. The SMILES string of the molecule is Cc1ccc(NC(CN)c2cc(Br)ccc2F)cc1Cl. The van der Waals surface area contributed by atoms with Gasteiger partial charge in [-0.2, -0.15) is 0 Å². The third-order valence-electron chi connectivity index (χ3n) is 3.08. The molecule has 1 unspecified atom stereocenters. The van der Waals surface area contributed by atoms with E-state index in [1.165, 1.54) is 6.07 Å². The molecule has 0 bridgehead atoms. The zero-order chi connectivity index (χ0) is 14.7. The predicted molar refractivity (Wildman–Crippen MR) is 85.7 cm³/mol. The molecule has 106 valence electrons. The Labute approximate surface area is 131 Å². The first-order valence-corrected chi connectivity index (χ1v) is 7.36. The van der Waals surface area contributed by atoms with Gasteiger partial charge in [0.25, 0.3) is 0 Å². The third kappa shape index (κ3) is 3.51. The number of hydrogen-bond acceptors (Lipinski definition) is 2. The van der Waals surface area contributed by atoms with Crippen LogP contribution in [0.25, 0.3) is 0 Å². The van der Waals surface area contributed by atoms with Gasteiger partial charge < -0.3 is 11.1 Å². The van der Waals surface area contributed by atoms with Crippen molar-refractivity contribution in [3.05, 3.63) is 62.8 Å². The summed E-state index contributed by atoms with van der Waals surface area (Å²) >= 11 is 9.43. The monoisotopic (exact) mass is 356 g/mol. The maximum atomic E-state index is 13.9. The van der Waals surface area contributed by atoms with Gasteiger partial charge in [0.15, 0.2) is 0 Å². The molecule has 2 aromatic carbocycles. The van der Waals surface area contributed by atoms with E-state index < -0.39 is 0 Å². The highest BCUT2D eigenvalue weighted by Gasteiger charge is 2.15. The molecule has 0 saturated carbocycles. The zero-order valence-electron chi connectivity index (χ0n) is 11.0. The van der Waals surface area contributed by atoms with E-state index in [1.807, 2.05) is 25.1 Å². The Morgan fingerprint density at radius 3 is 2.70 bits per heavy atom. The summed E-state index contributed by atoms with van der Waals surface area (Å²) in [6, 6.07) is 10.1. The summed E-state index contributed by atoms with van der Waals surface area (Å²) in [6.07, 6.45) is 0. The molecule has 20 heavy (non-hydrogen) atoms. The molecule has 2 aromatic rings. The number of benzene rings is 2. The summed E-state index contributed by atoms with van der Waals surface area (Å²) in [6.45, 7) is 2.21. The normalized spacial score (nSPS) is 12.2. The van der Waals surface area contributed by atoms with Crippen LogP contribution in [0.2, 0.25) is 5.02 Å². The third-order valence-corrected chi connectivity index (χ3v) is 3.98. The van der Waals surface area contributed by atoms with Gasteiger partial charge in [0.1, 0.15) is 5.82 Å². The van der Waals surface area contributed by atoms with Gasteiger partial charge in [-0.3, -0.25) is 0 Å². The van der Waals surface area contributed by atoms with E-state index in [4.69, 9.17) is 17.3 Å². The summed E-state index contributed by atoms with van der Waals surface area (Å²) in [4.78, 5) is 0. The van der Waals surface area contributed by atoms with Gasteiger partial charge in [0, 0.05) is 27.3 Å². The Kier molecular flexibility index (Phi) is 5.02. The lowest BCUT2D eigenvalue weighted by atomic mass is 10.1. The Hall–Kier alpha value is -1.10. The van der Waals surface area contributed by atoms with Crippen LogP contribution in [-0.4, -0.2) is 6.54 Å². The van der Waals surface area contributed by atoms with E-state index in [9.17, 15) is 4.39 Å². The van der Waals surface area contributed by atoms with Crippen molar-refractivity contribution in [3.8, 4) is 0 Å². The molecule has 0 heterocycles. The minimum atomic E-state index is -0.314. The summed E-state index contributed by atoms with van der Waals surface area (Å²) in [7, 11) is 0. The molecule has 0 amide bonds. The second kappa shape index (κ2) is 6.57. The first-order valence-electron chi connectivity index (χ1n) is 6.19. The van der Waals surface area contributed by atoms with Crippen molar-refractivity contribution < 1.29 is 4.39 Å². The molecule has 0 saturated heterocycles. The second-order valence-electron chi connectivity index (χ2n) is 4.56. The van der Waals surface area contributed by atoms with E-state index >= 15 is 0 Å². The van der Waals surface area contributed by atoms with Gasteiger partial charge >= 0.3 is 0 Å².